The molecule has 6 heteroatoms. The molecule has 1 aliphatic rings. The van der Waals surface area contributed by atoms with E-state index < -0.39 is 0 Å². The Hall–Kier alpha value is -0.790. The third-order valence-electron chi connectivity index (χ3n) is 3.54. The van der Waals surface area contributed by atoms with Gasteiger partial charge in [-0.05, 0) is 17.9 Å². The first-order valence-corrected chi connectivity index (χ1v) is 6.44. The topological polar surface area (TPSA) is 45.5 Å². The fraction of sp³-hybridized carbons (Fsp3) is 0.692. The average Bonchev–Trinajstić information content (AvgIpc) is 2.87. The third-order valence-corrected chi connectivity index (χ3v) is 3.54. The van der Waals surface area contributed by atoms with Gasteiger partial charge in [0, 0.05) is 33.4 Å². The van der Waals surface area contributed by atoms with Gasteiger partial charge >= 0.3 is 0 Å². The molecule has 5 nitrogen and oxygen atoms in total. The van der Waals surface area contributed by atoms with Gasteiger partial charge in [-0.3, -0.25) is 9.67 Å². The van der Waals surface area contributed by atoms with Crippen LogP contribution in [0.2, 0.25) is 0 Å². The molecule has 0 radical (unpaired) electrons. The standard InChI is InChI=1S/C13H23N5.HI/c1-13(2)6-8-18(10-13)12(14-3)15-9-11-5-7-16-17(11)4;/h5,7H,6,8-10H2,1-4H3,(H,14,15);1H. The average molecular weight is 377 g/mol. The second kappa shape index (κ2) is 6.58. The quantitative estimate of drug-likeness (QED) is 0.486. The second-order valence-electron chi connectivity index (χ2n) is 5.68. The van der Waals surface area contributed by atoms with Gasteiger partial charge in [0.05, 0.1) is 12.2 Å². The largest absolute Gasteiger partial charge is 0.351 e. The first-order valence-electron chi connectivity index (χ1n) is 6.44. The predicted molar refractivity (Wildman–Crippen MR) is 88.8 cm³/mol. The van der Waals surface area contributed by atoms with Crippen molar-refractivity contribution in [3.05, 3.63) is 18.0 Å². The van der Waals surface area contributed by atoms with E-state index in [0.717, 1.165) is 31.3 Å². The normalized spacial score (nSPS) is 18.3. The SMILES string of the molecule is CN=C(NCc1ccnn1C)N1CCC(C)(C)C1.I. The lowest BCUT2D eigenvalue weighted by atomic mass is 9.93. The molecule has 19 heavy (non-hydrogen) atoms. The fourth-order valence-electron chi connectivity index (χ4n) is 2.37. The number of nitrogens with zero attached hydrogens (tertiary/aromatic N) is 4. The number of aromatic nitrogens is 2. The minimum absolute atomic E-state index is 0. The van der Waals surface area contributed by atoms with E-state index in [1.54, 1.807) is 0 Å². The predicted octanol–water partition coefficient (Wildman–Crippen LogP) is 1.85. The Morgan fingerprint density at radius 2 is 2.26 bits per heavy atom. The molecule has 1 aromatic rings. The van der Waals surface area contributed by atoms with Gasteiger partial charge < -0.3 is 10.2 Å². The van der Waals surface area contributed by atoms with Crippen molar-refractivity contribution in [2.45, 2.75) is 26.8 Å². The molecule has 0 unspecified atom stereocenters. The Bertz CT molecular complexity index is 438. The Balaban J connectivity index is 0.00000180. The molecule has 1 aromatic heterocycles. The van der Waals surface area contributed by atoms with Crippen molar-refractivity contribution < 1.29 is 0 Å². The summed E-state index contributed by atoms with van der Waals surface area (Å²) in [6.07, 6.45) is 3.04. The highest BCUT2D eigenvalue weighted by molar-refractivity contribution is 14.0. The van der Waals surface area contributed by atoms with Crippen LogP contribution in [0.3, 0.4) is 0 Å². The number of aryl methyl sites for hydroxylation is 1. The number of guanidine groups is 1. The molecule has 0 atom stereocenters. The lowest BCUT2D eigenvalue weighted by Gasteiger charge is -2.23. The minimum atomic E-state index is 0. The second-order valence-corrected chi connectivity index (χ2v) is 5.68. The summed E-state index contributed by atoms with van der Waals surface area (Å²) >= 11 is 0. The Morgan fingerprint density at radius 1 is 1.53 bits per heavy atom. The molecule has 2 rings (SSSR count). The van der Waals surface area contributed by atoms with Crippen LogP contribution >= 0.6 is 24.0 Å². The number of nitrogens with one attached hydrogen (secondary N) is 1. The van der Waals surface area contributed by atoms with E-state index in [2.05, 4.69) is 34.2 Å². The van der Waals surface area contributed by atoms with Crippen molar-refractivity contribution in [3.8, 4) is 0 Å². The zero-order valence-electron chi connectivity index (χ0n) is 12.2. The molecule has 1 fully saturated rings. The molecular weight excluding hydrogens is 353 g/mol. The minimum Gasteiger partial charge on any atom is -0.351 e. The maximum atomic E-state index is 4.37. The lowest BCUT2D eigenvalue weighted by molar-refractivity contribution is 0.370. The smallest absolute Gasteiger partial charge is 0.193 e. The summed E-state index contributed by atoms with van der Waals surface area (Å²) in [5.74, 6) is 0.988. The zero-order chi connectivity index (χ0) is 13.2. The van der Waals surface area contributed by atoms with E-state index in [9.17, 15) is 0 Å². The third kappa shape index (κ3) is 4.09. The number of aliphatic imine (C=N–C) groups is 1. The van der Waals surface area contributed by atoms with Crippen LogP contribution in [0.4, 0.5) is 0 Å². The van der Waals surface area contributed by atoms with Gasteiger partial charge in [0.25, 0.3) is 0 Å². The lowest BCUT2D eigenvalue weighted by Crippen LogP contribution is -2.40. The maximum Gasteiger partial charge on any atom is 0.193 e. The molecule has 2 heterocycles. The zero-order valence-corrected chi connectivity index (χ0v) is 14.5. The van der Waals surface area contributed by atoms with Gasteiger partial charge in [-0.15, -0.1) is 24.0 Å². The summed E-state index contributed by atoms with van der Waals surface area (Å²) in [5.41, 5.74) is 1.55. The number of likely N-dealkylation sites (tertiary alicyclic amines) is 1. The van der Waals surface area contributed by atoms with Crippen molar-refractivity contribution in [3.63, 3.8) is 0 Å². The monoisotopic (exact) mass is 377 g/mol. The number of halogens is 1. The van der Waals surface area contributed by atoms with Gasteiger partial charge in [-0.2, -0.15) is 5.10 Å². The molecule has 1 aliphatic heterocycles. The van der Waals surface area contributed by atoms with Crippen LogP contribution in [0.15, 0.2) is 17.3 Å². The highest BCUT2D eigenvalue weighted by Crippen LogP contribution is 2.28. The number of rotatable bonds is 2. The summed E-state index contributed by atoms with van der Waals surface area (Å²) in [4.78, 5) is 6.70. The van der Waals surface area contributed by atoms with Gasteiger partial charge in [0.2, 0.25) is 0 Å². The summed E-state index contributed by atoms with van der Waals surface area (Å²) in [6.45, 7) is 7.53. The summed E-state index contributed by atoms with van der Waals surface area (Å²) in [5, 5.41) is 7.57. The van der Waals surface area contributed by atoms with Crippen LogP contribution in [0.1, 0.15) is 26.0 Å². The van der Waals surface area contributed by atoms with Crippen molar-refractivity contribution in [2.75, 3.05) is 20.1 Å². The van der Waals surface area contributed by atoms with E-state index in [1.807, 2.05) is 31.0 Å². The van der Waals surface area contributed by atoms with E-state index in [-0.39, 0.29) is 24.0 Å². The summed E-state index contributed by atoms with van der Waals surface area (Å²) in [6, 6.07) is 2.02. The van der Waals surface area contributed by atoms with Crippen LogP contribution in [0, 0.1) is 5.41 Å². The number of hydrogen-bond acceptors (Lipinski definition) is 2. The van der Waals surface area contributed by atoms with Crippen LogP contribution in [0.5, 0.6) is 0 Å². The summed E-state index contributed by atoms with van der Waals surface area (Å²) in [7, 11) is 3.80. The molecule has 0 bridgehead atoms. The van der Waals surface area contributed by atoms with Gasteiger partial charge in [0.1, 0.15) is 0 Å². The number of hydrogen-bond donors (Lipinski definition) is 1. The molecular formula is C13H24IN5. The molecule has 1 N–H and O–H groups in total. The highest BCUT2D eigenvalue weighted by atomic mass is 127. The van der Waals surface area contributed by atoms with E-state index >= 15 is 0 Å². The Kier molecular flexibility index (Phi) is 5.64. The van der Waals surface area contributed by atoms with E-state index in [0.29, 0.717) is 5.41 Å². The molecule has 0 amide bonds. The Labute approximate surface area is 132 Å². The summed E-state index contributed by atoms with van der Waals surface area (Å²) < 4.78 is 1.88. The van der Waals surface area contributed by atoms with E-state index in [4.69, 9.17) is 0 Å². The van der Waals surface area contributed by atoms with Crippen LogP contribution in [-0.2, 0) is 13.6 Å². The molecule has 108 valence electrons. The molecule has 0 aliphatic carbocycles. The van der Waals surface area contributed by atoms with E-state index in [1.165, 1.54) is 6.42 Å². The molecule has 0 aromatic carbocycles. The van der Waals surface area contributed by atoms with Crippen molar-refractivity contribution >= 4 is 29.9 Å². The van der Waals surface area contributed by atoms with Gasteiger partial charge in [-0.1, -0.05) is 13.8 Å². The molecule has 1 saturated heterocycles. The fourth-order valence-corrected chi connectivity index (χ4v) is 2.37. The van der Waals surface area contributed by atoms with Crippen LogP contribution < -0.4 is 5.32 Å². The first kappa shape index (κ1) is 16.3. The highest BCUT2D eigenvalue weighted by Gasteiger charge is 2.30. The van der Waals surface area contributed by atoms with Crippen molar-refractivity contribution in [1.82, 2.24) is 20.0 Å². The Morgan fingerprint density at radius 3 is 2.74 bits per heavy atom. The first-order chi connectivity index (χ1) is 8.52. The van der Waals surface area contributed by atoms with Crippen molar-refractivity contribution in [1.29, 1.82) is 0 Å². The van der Waals surface area contributed by atoms with Crippen molar-refractivity contribution in [2.24, 2.45) is 17.5 Å². The van der Waals surface area contributed by atoms with Gasteiger partial charge in [-0.25, -0.2) is 0 Å². The van der Waals surface area contributed by atoms with Crippen LogP contribution in [-0.4, -0.2) is 40.8 Å². The molecule has 0 spiro atoms. The van der Waals surface area contributed by atoms with Gasteiger partial charge in [0.15, 0.2) is 5.96 Å². The van der Waals surface area contributed by atoms with Crippen LogP contribution in [0.25, 0.3) is 0 Å². The molecule has 0 saturated carbocycles. The maximum absolute atomic E-state index is 4.37.